The van der Waals surface area contributed by atoms with Crippen LogP contribution < -0.4 is 14.4 Å². The van der Waals surface area contributed by atoms with Crippen LogP contribution >= 0.6 is 15.9 Å². The maximum atomic E-state index is 13.6. The van der Waals surface area contributed by atoms with Crippen LogP contribution in [-0.2, 0) is 4.79 Å². The number of Topliss-reactive ketones (excluding diaryl/α,β-unsaturated/α-hetero) is 1. The van der Waals surface area contributed by atoms with Gasteiger partial charge in [0.05, 0.1) is 19.9 Å². The standard InChI is InChI=1S/C30H27BrN2O4/c1-36-21-15-16-25(37-2)23(17-21)33-22-9-6-10-24(34)27(22)26(18-11-13-20(31)14-12-18)28(30(33)32)29(35)19-7-4-3-5-8-19/h3-5,7-8,11-17,26,32,35H,6,9-10H2,1-2H3/b29-28+,32-30?/t26-/m1/s1. The van der Waals surface area contributed by atoms with Gasteiger partial charge in [0.25, 0.3) is 0 Å². The molecule has 37 heavy (non-hydrogen) atoms. The maximum absolute atomic E-state index is 13.6. The lowest BCUT2D eigenvalue weighted by atomic mass is 9.73. The summed E-state index contributed by atoms with van der Waals surface area (Å²) in [6.45, 7) is 0. The third-order valence-corrected chi connectivity index (χ3v) is 7.42. The molecule has 1 atom stereocenters. The van der Waals surface area contributed by atoms with E-state index in [4.69, 9.17) is 9.47 Å². The monoisotopic (exact) mass is 558 g/mol. The highest BCUT2D eigenvalue weighted by molar-refractivity contribution is 9.10. The molecule has 5 rings (SSSR count). The molecule has 3 aromatic carbocycles. The predicted molar refractivity (Wildman–Crippen MR) is 149 cm³/mol. The van der Waals surface area contributed by atoms with Crippen molar-refractivity contribution in [3.05, 3.63) is 105 Å². The van der Waals surface area contributed by atoms with Crippen molar-refractivity contribution in [1.82, 2.24) is 0 Å². The number of aliphatic hydroxyl groups is 1. The van der Waals surface area contributed by atoms with Gasteiger partial charge in [-0.3, -0.25) is 15.1 Å². The first-order valence-corrected chi connectivity index (χ1v) is 12.8. The number of ketones is 1. The van der Waals surface area contributed by atoms with E-state index in [1.807, 2.05) is 42.5 Å². The van der Waals surface area contributed by atoms with Crippen molar-refractivity contribution < 1.29 is 19.4 Å². The number of aliphatic hydroxyl groups excluding tert-OH is 1. The van der Waals surface area contributed by atoms with Crippen molar-refractivity contribution in [2.24, 2.45) is 0 Å². The average molecular weight is 559 g/mol. The first-order chi connectivity index (χ1) is 17.9. The van der Waals surface area contributed by atoms with E-state index in [0.29, 0.717) is 53.2 Å². The lowest BCUT2D eigenvalue weighted by Crippen LogP contribution is -2.42. The van der Waals surface area contributed by atoms with E-state index < -0.39 is 5.92 Å². The number of halogens is 1. The van der Waals surface area contributed by atoms with E-state index in [1.54, 1.807) is 49.5 Å². The smallest absolute Gasteiger partial charge is 0.161 e. The molecule has 3 aromatic rings. The Balaban J connectivity index is 1.85. The average Bonchev–Trinajstić information content (AvgIpc) is 2.93. The molecule has 0 saturated heterocycles. The Hall–Kier alpha value is -3.84. The molecular weight excluding hydrogens is 532 g/mol. The van der Waals surface area contributed by atoms with Gasteiger partial charge in [-0.15, -0.1) is 0 Å². The summed E-state index contributed by atoms with van der Waals surface area (Å²) in [5.41, 5.74) is 3.73. The number of ether oxygens (including phenoxy) is 2. The lowest BCUT2D eigenvalue weighted by Gasteiger charge is -2.42. The van der Waals surface area contributed by atoms with Gasteiger partial charge in [-0.2, -0.15) is 0 Å². The molecule has 0 radical (unpaired) electrons. The zero-order chi connectivity index (χ0) is 26.1. The molecule has 0 aromatic heterocycles. The number of carbonyl (C=O) groups is 1. The fourth-order valence-electron chi connectivity index (χ4n) is 5.17. The second kappa shape index (κ2) is 10.3. The van der Waals surface area contributed by atoms with E-state index in [-0.39, 0.29) is 17.4 Å². The van der Waals surface area contributed by atoms with Gasteiger partial charge in [0.2, 0.25) is 0 Å². The van der Waals surface area contributed by atoms with Crippen molar-refractivity contribution in [3.8, 4) is 11.5 Å². The van der Waals surface area contributed by atoms with Crippen molar-refractivity contribution in [2.45, 2.75) is 25.2 Å². The summed E-state index contributed by atoms with van der Waals surface area (Å²) in [5.74, 6) is 0.629. The Labute approximate surface area is 224 Å². The molecule has 2 N–H and O–H groups in total. The second-order valence-corrected chi connectivity index (χ2v) is 9.89. The normalized spacial score (nSPS) is 19.0. The molecule has 1 heterocycles. The largest absolute Gasteiger partial charge is 0.507 e. The highest BCUT2D eigenvalue weighted by atomic mass is 79.9. The summed E-state index contributed by atoms with van der Waals surface area (Å²) in [6, 6.07) is 22.2. The van der Waals surface area contributed by atoms with E-state index in [0.717, 1.165) is 15.7 Å². The Morgan fingerprint density at radius 2 is 1.73 bits per heavy atom. The number of nitrogens with zero attached hydrogens (tertiary/aromatic N) is 1. The molecule has 7 heteroatoms. The fraction of sp³-hybridized carbons (Fsp3) is 0.200. The molecular formula is C30H27BrN2O4. The Kier molecular flexibility index (Phi) is 6.89. The second-order valence-electron chi connectivity index (χ2n) is 8.97. The molecule has 1 aliphatic heterocycles. The summed E-state index contributed by atoms with van der Waals surface area (Å²) in [5, 5.41) is 21.2. The number of benzene rings is 3. The van der Waals surface area contributed by atoms with Gasteiger partial charge in [-0.25, -0.2) is 0 Å². The lowest BCUT2D eigenvalue weighted by molar-refractivity contribution is -0.116. The minimum atomic E-state index is -0.587. The van der Waals surface area contributed by atoms with E-state index in [1.165, 1.54) is 0 Å². The number of hydrogen-bond donors (Lipinski definition) is 2. The summed E-state index contributed by atoms with van der Waals surface area (Å²) in [7, 11) is 3.15. The first-order valence-electron chi connectivity index (χ1n) is 12.1. The van der Waals surface area contributed by atoms with Gasteiger partial charge in [0.1, 0.15) is 23.1 Å². The number of methoxy groups -OCH3 is 2. The van der Waals surface area contributed by atoms with Gasteiger partial charge < -0.3 is 14.6 Å². The minimum Gasteiger partial charge on any atom is -0.507 e. The highest BCUT2D eigenvalue weighted by Gasteiger charge is 2.43. The van der Waals surface area contributed by atoms with Crippen LogP contribution in [0.4, 0.5) is 5.69 Å². The van der Waals surface area contributed by atoms with Crippen LogP contribution in [0.3, 0.4) is 0 Å². The van der Waals surface area contributed by atoms with Gasteiger partial charge in [-0.05, 0) is 42.7 Å². The van der Waals surface area contributed by atoms with Crippen LogP contribution in [0.25, 0.3) is 5.76 Å². The SMILES string of the molecule is COc1ccc(OC)c(N2C(=N)/C(=C(/O)c3ccccc3)[C@H](c3ccc(Br)cc3)C3=C2CCCC3=O)c1. The topological polar surface area (TPSA) is 82.8 Å². The summed E-state index contributed by atoms with van der Waals surface area (Å²) >= 11 is 3.50. The minimum absolute atomic E-state index is 0.0203. The van der Waals surface area contributed by atoms with E-state index >= 15 is 0 Å². The number of nitrogens with one attached hydrogen (secondary N) is 1. The highest BCUT2D eigenvalue weighted by Crippen LogP contribution is 2.49. The Morgan fingerprint density at radius 1 is 1.00 bits per heavy atom. The fourth-order valence-corrected chi connectivity index (χ4v) is 5.43. The van der Waals surface area contributed by atoms with Crippen molar-refractivity contribution in [3.63, 3.8) is 0 Å². The predicted octanol–water partition coefficient (Wildman–Crippen LogP) is 7.02. The zero-order valence-corrected chi connectivity index (χ0v) is 22.2. The maximum Gasteiger partial charge on any atom is 0.161 e. The van der Waals surface area contributed by atoms with Gasteiger partial charge >= 0.3 is 0 Å². The Morgan fingerprint density at radius 3 is 2.41 bits per heavy atom. The number of anilines is 1. The summed E-state index contributed by atoms with van der Waals surface area (Å²) < 4.78 is 12.1. The molecule has 188 valence electrons. The van der Waals surface area contributed by atoms with E-state index in [9.17, 15) is 15.3 Å². The molecule has 0 bridgehead atoms. The molecule has 0 unspecified atom stereocenters. The molecule has 0 fully saturated rings. The quantitative estimate of drug-likeness (QED) is 0.328. The van der Waals surface area contributed by atoms with E-state index in [2.05, 4.69) is 15.9 Å². The molecule has 0 amide bonds. The van der Waals surface area contributed by atoms with Gasteiger partial charge in [-0.1, -0.05) is 58.4 Å². The third-order valence-electron chi connectivity index (χ3n) is 6.89. The number of hydrogen-bond acceptors (Lipinski definition) is 5. The zero-order valence-electron chi connectivity index (χ0n) is 20.6. The van der Waals surface area contributed by atoms with Gasteiger partial charge in [0.15, 0.2) is 5.78 Å². The molecule has 0 saturated carbocycles. The van der Waals surface area contributed by atoms with Crippen LogP contribution in [-0.4, -0.2) is 30.9 Å². The third kappa shape index (κ3) is 4.44. The number of allylic oxidation sites excluding steroid dienone is 2. The number of rotatable bonds is 5. The summed E-state index contributed by atoms with van der Waals surface area (Å²) in [4.78, 5) is 15.4. The number of amidine groups is 1. The van der Waals surface area contributed by atoms with Crippen LogP contribution in [0.15, 0.2) is 94.1 Å². The first kappa shape index (κ1) is 24.8. The number of carbonyl (C=O) groups excluding carboxylic acids is 1. The Bertz CT molecular complexity index is 1430. The molecule has 1 aliphatic carbocycles. The van der Waals surface area contributed by atoms with Crippen LogP contribution in [0.2, 0.25) is 0 Å². The van der Waals surface area contributed by atoms with Crippen molar-refractivity contribution in [1.29, 1.82) is 5.41 Å². The van der Waals surface area contributed by atoms with Gasteiger partial charge in [0, 0.05) is 45.3 Å². The van der Waals surface area contributed by atoms with Crippen molar-refractivity contribution in [2.75, 3.05) is 19.1 Å². The summed E-state index contributed by atoms with van der Waals surface area (Å²) in [6.07, 6.45) is 1.72. The molecule has 0 spiro atoms. The molecule has 6 nitrogen and oxygen atoms in total. The van der Waals surface area contributed by atoms with Crippen LogP contribution in [0, 0.1) is 5.41 Å². The van der Waals surface area contributed by atoms with Crippen LogP contribution in [0.5, 0.6) is 11.5 Å². The van der Waals surface area contributed by atoms with Crippen LogP contribution in [0.1, 0.15) is 36.3 Å². The molecule has 2 aliphatic rings. The van der Waals surface area contributed by atoms with Crippen molar-refractivity contribution >= 4 is 39.0 Å².